The molecule has 0 amide bonds. The summed E-state index contributed by atoms with van der Waals surface area (Å²) in [5.41, 5.74) is 3.42. The zero-order chi connectivity index (χ0) is 11.6. The van der Waals surface area contributed by atoms with E-state index in [1.807, 2.05) is 26.0 Å². The van der Waals surface area contributed by atoms with E-state index in [1.165, 1.54) is 5.56 Å². The molecule has 0 aliphatic carbocycles. The van der Waals surface area contributed by atoms with E-state index in [0.29, 0.717) is 6.42 Å². The minimum absolute atomic E-state index is 0.335. The van der Waals surface area contributed by atoms with Crippen molar-refractivity contribution in [2.45, 2.75) is 27.2 Å². The van der Waals surface area contributed by atoms with Gasteiger partial charge in [0.1, 0.15) is 0 Å². The van der Waals surface area contributed by atoms with Crippen LogP contribution < -0.4 is 0 Å². The summed E-state index contributed by atoms with van der Waals surface area (Å²) in [5.74, 6) is -1.08. The predicted octanol–water partition coefficient (Wildman–Crippen LogP) is 3.33. The van der Waals surface area contributed by atoms with Crippen molar-refractivity contribution in [1.82, 2.24) is 0 Å². The minimum Gasteiger partial charge on any atom is -0.481 e. The molecule has 1 aromatic carbocycles. The molecule has 15 heavy (non-hydrogen) atoms. The molecule has 0 radical (unpaired) electrons. The van der Waals surface area contributed by atoms with Crippen LogP contribution >= 0.6 is 15.9 Å². The molecule has 0 spiro atoms. The summed E-state index contributed by atoms with van der Waals surface area (Å²) in [6.07, 6.45) is 0.583. The molecule has 0 aromatic heterocycles. The van der Waals surface area contributed by atoms with Crippen LogP contribution in [0.2, 0.25) is 0 Å². The summed E-state index contributed by atoms with van der Waals surface area (Å²) in [5, 5.41) is 8.85. The van der Waals surface area contributed by atoms with Gasteiger partial charge in [0.05, 0.1) is 5.92 Å². The zero-order valence-electron chi connectivity index (χ0n) is 9.17. The number of carboxylic acid groups (broad SMARTS) is 1. The van der Waals surface area contributed by atoms with Gasteiger partial charge in [0.2, 0.25) is 0 Å². The molecule has 2 nitrogen and oxygen atoms in total. The van der Waals surface area contributed by atoms with Gasteiger partial charge in [-0.2, -0.15) is 0 Å². The van der Waals surface area contributed by atoms with Gasteiger partial charge in [0.25, 0.3) is 0 Å². The molecule has 0 aliphatic heterocycles. The van der Waals surface area contributed by atoms with Crippen LogP contribution in [0.3, 0.4) is 0 Å². The van der Waals surface area contributed by atoms with E-state index in [1.54, 1.807) is 6.92 Å². The van der Waals surface area contributed by atoms with Gasteiger partial charge in [-0.3, -0.25) is 4.79 Å². The van der Waals surface area contributed by atoms with Gasteiger partial charge in [0, 0.05) is 4.47 Å². The molecule has 0 saturated carbocycles. The molecule has 0 bridgehead atoms. The topological polar surface area (TPSA) is 37.3 Å². The van der Waals surface area contributed by atoms with Crippen molar-refractivity contribution in [3.63, 3.8) is 0 Å². The van der Waals surface area contributed by atoms with Crippen LogP contribution in [0.5, 0.6) is 0 Å². The third-order valence-electron chi connectivity index (χ3n) is 2.64. The summed E-state index contributed by atoms with van der Waals surface area (Å²) < 4.78 is 1.08. The standard InChI is InChI=1S/C12H15BrO2/c1-7-4-5-10(9(3)11(7)13)6-8(2)12(14)15/h4-5,8H,6H2,1-3H3,(H,14,15). The van der Waals surface area contributed by atoms with E-state index in [2.05, 4.69) is 15.9 Å². The molecule has 0 saturated heterocycles. The highest BCUT2D eigenvalue weighted by molar-refractivity contribution is 9.10. The fourth-order valence-electron chi connectivity index (χ4n) is 1.50. The number of hydrogen-bond donors (Lipinski definition) is 1. The Balaban J connectivity index is 2.97. The van der Waals surface area contributed by atoms with Crippen LogP contribution in [0.15, 0.2) is 16.6 Å². The summed E-state index contributed by atoms with van der Waals surface area (Å²) in [6.45, 7) is 5.78. The monoisotopic (exact) mass is 270 g/mol. The van der Waals surface area contributed by atoms with Crippen LogP contribution in [0.4, 0.5) is 0 Å². The Labute approximate surface area is 98.4 Å². The maximum atomic E-state index is 10.8. The summed E-state index contributed by atoms with van der Waals surface area (Å²) in [7, 11) is 0. The first-order valence-electron chi connectivity index (χ1n) is 4.91. The third-order valence-corrected chi connectivity index (χ3v) is 3.86. The average Bonchev–Trinajstić information content (AvgIpc) is 2.18. The van der Waals surface area contributed by atoms with Gasteiger partial charge in [-0.15, -0.1) is 0 Å². The molecular weight excluding hydrogens is 256 g/mol. The largest absolute Gasteiger partial charge is 0.481 e. The number of halogens is 1. The van der Waals surface area contributed by atoms with Crippen LogP contribution in [-0.2, 0) is 11.2 Å². The first-order chi connectivity index (χ1) is 6.93. The second-order valence-corrected chi connectivity index (χ2v) is 4.72. The summed E-state index contributed by atoms with van der Waals surface area (Å²) in [4.78, 5) is 10.8. The highest BCUT2D eigenvalue weighted by atomic mass is 79.9. The van der Waals surface area contributed by atoms with Gasteiger partial charge < -0.3 is 5.11 Å². The zero-order valence-corrected chi connectivity index (χ0v) is 10.8. The van der Waals surface area contributed by atoms with Crippen molar-refractivity contribution in [2.24, 2.45) is 5.92 Å². The van der Waals surface area contributed by atoms with Crippen molar-refractivity contribution >= 4 is 21.9 Å². The first kappa shape index (κ1) is 12.2. The Morgan fingerprint density at radius 3 is 2.60 bits per heavy atom. The van der Waals surface area contributed by atoms with Gasteiger partial charge in [-0.25, -0.2) is 0 Å². The van der Waals surface area contributed by atoms with Crippen LogP contribution in [0, 0.1) is 19.8 Å². The minimum atomic E-state index is -0.744. The highest BCUT2D eigenvalue weighted by Gasteiger charge is 2.14. The lowest BCUT2D eigenvalue weighted by molar-refractivity contribution is -0.141. The molecule has 0 aliphatic rings. The lowest BCUT2D eigenvalue weighted by Crippen LogP contribution is -2.13. The smallest absolute Gasteiger partial charge is 0.306 e. The molecule has 1 N–H and O–H groups in total. The van der Waals surface area contributed by atoms with E-state index < -0.39 is 5.97 Å². The summed E-state index contributed by atoms with van der Waals surface area (Å²) >= 11 is 3.51. The predicted molar refractivity (Wildman–Crippen MR) is 64.1 cm³/mol. The molecule has 1 aromatic rings. The highest BCUT2D eigenvalue weighted by Crippen LogP contribution is 2.25. The second kappa shape index (κ2) is 4.79. The Hall–Kier alpha value is -0.830. The van der Waals surface area contributed by atoms with Crippen LogP contribution in [-0.4, -0.2) is 11.1 Å². The summed E-state index contributed by atoms with van der Waals surface area (Å²) in [6, 6.07) is 4.02. The van der Waals surface area contributed by atoms with Crippen molar-refractivity contribution in [1.29, 1.82) is 0 Å². The second-order valence-electron chi connectivity index (χ2n) is 3.92. The fourth-order valence-corrected chi connectivity index (χ4v) is 1.89. The molecule has 0 heterocycles. The number of carboxylic acids is 1. The number of hydrogen-bond acceptors (Lipinski definition) is 1. The normalized spacial score (nSPS) is 12.5. The van der Waals surface area contributed by atoms with E-state index in [0.717, 1.165) is 15.6 Å². The van der Waals surface area contributed by atoms with E-state index >= 15 is 0 Å². The first-order valence-corrected chi connectivity index (χ1v) is 5.70. The quantitative estimate of drug-likeness (QED) is 0.915. The number of rotatable bonds is 3. The Morgan fingerprint density at radius 1 is 1.47 bits per heavy atom. The van der Waals surface area contributed by atoms with Crippen molar-refractivity contribution in [3.05, 3.63) is 33.3 Å². The van der Waals surface area contributed by atoms with E-state index in [9.17, 15) is 4.79 Å². The Kier molecular flexibility index (Phi) is 3.91. The average molecular weight is 271 g/mol. The molecule has 1 rings (SSSR count). The SMILES string of the molecule is Cc1ccc(CC(C)C(=O)O)c(C)c1Br. The molecule has 1 unspecified atom stereocenters. The number of benzene rings is 1. The number of aryl methyl sites for hydroxylation is 1. The van der Waals surface area contributed by atoms with Gasteiger partial charge in [-0.1, -0.05) is 35.0 Å². The van der Waals surface area contributed by atoms with Crippen molar-refractivity contribution in [2.75, 3.05) is 0 Å². The maximum absolute atomic E-state index is 10.8. The van der Waals surface area contributed by atoms with E-state index in [-0.39, 0.29) is 5.92 Å². The maximum Gasteiger partial charge on any atom is 0.306 e. The van der Waals surface area contributed by atoms with Gasteiger partial charge in [-0.05, 0) is 37.0 Å². The lowest BCUT2D eigenvalue weighted by Gasteiger charge is -2.12. The Bertz CT molecular complexity index is 385. The fraction of sp³-hybridized carbons (Fsp3) is 0.417. The van der Waals surface area contributed by atoms with Gasteiger partial charge in [0.15, 0.2) is 0 Å². The van der Waals surface area contributed by atoms with Crippen LogP contribution in [0.1, 0.15) is 23.6 Å². The Morgan fingerprint density at radius 2 is 2.07 bits per heavy atom. The molecular formula is C12H15BrO2. The number of carbonyl (C=O) groups is 1. The molecule has 1 atom stereocenters. The van der Waals surface area contributed by atoms with Crippen molar-refractivity contribution in [3.8, 4) is 0 Å². The number of aliphatic carboxylic acids is 1. The lowest BCUT2D eigenvalue weighted by atomic mass is 9.96. The third kappa shape index (κ3) is 2.81. The van der Waals surface area contributed by atoms with E-state index in [4.69, 9.17) is 5.11 Å². The van der Waals surface area contributed by atoms with Crippen molar-refractivity contribution < 1.29 is 9.90 Å². The molecule has 0 fully saturated rings. The molecule has 3 heteroatoms. The van der Waals surface area contributed by atoms with Gasteiger partial charge >= 0.3 is 5.97 Å². The molecule has 82 valence electrons. The van der Waals surface area contributed by atoms with Crippen LogP contribution in [0.25, 0.3) is 0 Å².